The zero-order valence-corrected chi connectivity index (χ0v) is 15.0. The van der Waals surface area contributed by atoms with Crippen LogP contribution in [0.1, 0.15) is 34.6 Å². The van der Waals surface area contributed by atoms with Crippen molar-refractivity contribution in [2.45, 2.75) is 19.4 Å². The van der Waals surface area contributed by atoms with Gasteiger partial charge in [0.05, 0.1) is 25.8 Å². The molecule has 0 spiro atoms. The SMILES string of the molecule is COc1ccc(C(C)=O)cc1CC(=O)NCC(c1ccco1)N(C)C. The minimum absolute atomic E-state index is 0.0465. The van der Waals surface area contributed by atoms with E-state index in [9.17, 15) is 9.59 Å². The fourth-order valence-electron chi connectivity index (χ4n) is 2.60. The summed E-state index contributed by atoms with van der Waals surface area (Å²) in [5, 5.41) is 2.92. The molecular weight excluding hydrogens is 320 g/mol. The molecule has 6 nitrogen and oxygen atoms in total. The Hall–Kier alpha value is -2.60. The fraction of sp³-hybridized carbons (Fsp3) is 0.368. The van der Waals surface area contributed by atoms with Gasteiger partial charge in [0.2, 0.25) is 5.91 Å². The summed E-state index contributed by atoms with van der Waals surface area (Å²) in [5.41, 5.74) is 1.25. The summed E-state index contributed by atoms with van der Waals surface area (Å²) in [6.45, 7) is 1.92. The maximum atomic E-state index is 12.4. The number of Topliss-reactive ketones (excluding diaryl/α,β-unsaturated/α-hetero) is 1. The molecule has 0 aliphatic rings. The first-order chi connectivity index (χ1) is 11.9. The Morgan fingerprint density at radius 3 is 2.60 bits per heavy atom. The zero-order valence-electron chi connectivity index (χ0n) is 15.0. The molecule has 1 amide bonds. The molecule has 1 atom stereocenters. The second-order valence-corrected chi connectivity index (χ2v) is 6.06. The molecule has 0 fully saturated rings. The smallest absolute Gasteiger partial charge is 0.224 e. The molecule has 0 saturated heterocycles. The monoisotopic (exact) mass is 344 g/mol. The van der Waals surface area contributed by atoms with Gasteiger partial charge in [-0.05, 0) is 51.4 Å². The minimum Gasteiger partial charge on any atom is -0.496 e. The first kappa shape index (κ1) is 18.7. The number of methoxy groups -OCH3 is 1. The number of carbonyl (C=O) groups is 2. The predicted molar refractivity (Wildman–Crippen MR) is 94.8 cm³/mol. The number of carbonyl (C=O) groups excluding carboxylic acids is 2. The van der Waals surface area contributed by atoms with Crippen LogP contribution in [0.25, 0.3) is 0 Å². The third-order valence-electron chi connectivity index (χ3n) is 4.03. The van der Waals surface area contributed by atoms with E-state index in [-0.39, 0.29) is 24.2 Å². The normalized spacial score (nSPS) is 12.0. The molecule has 1 N–H and O–H groups in total. The molecule has 0 radical (unpaired) electrons. The molecule has 1 heterocycles. The Kier molecular flexibility index (Phi) is 6.36. The predicted octanol–water partition coefficient (Wildman–Crippen LogP) is 2.45. The van der Waals surface area contributed by atoms with Crippen LogP contribution in [0.5, 0.6) is 5.75 Å². The average molecular weight is 344 g/mol. The number of nitrogens with zero attached hydrogens (tertiary/aromatic N) is 1. The van der Waals surface area contributed by atoms with Crippen molar-refractivity contribution in [1.29, 1.82) is 0 Å². The summed E-state index contributed by atoms with van der Waals surface area (Å²) in [6, 6.07) is 8.77. The van der Waals surface area contributed by atoms with Crippen molar-refractivity contribution < 1.29 is 18.7 Å². The number of benzene rings is 1. The van der Waals surface area contributed by atoms with E-state index in [2.05, 4.69) is 5.32 Å². The Balaban J connectivity index is 2.04. The molecule has 0 aliphatic heterocycles. The van der Waals surface area contributed by atoms with Gasteiger partial charge in [-0.1, -0.05) is 0 Å². The number of furan rings is 1. The van der Waals surface area contributed by atoms with Crippen LogP contribution in [0.3, 0.4) is 0 Å². The summed E-state index contributed by atoms with van der Waals surface area (Å²) >= 11 is 0. The summed E-state index contributed by atoms with van der Waals surface area (Å²) in [6.07, 6.45) is 1.76. The van der Waals surface area contributed by atoms with Gasteiger partial charge in [0.1, 0.15) is 11.5 Å². The lowest BCUT2D eigenvalue weighted by Crippen LogP contribution is -2.35. The van der Waals surface area contributed by atoms with Crippen molar-refractivity contribution in [1.82, 2.24) is 10.2 Å². The van der Waals surface area contributed by atoms with Crippen LogP contribution in [-0.4, -0.2) is 44.3 Å². The van der Waals surface area contributed by atoms with Crippen molar-refractivity contribution in [3.63, 3.8) is 0 Å². The van der Waals surface area contributed by atoms with E-state index in [0.717, 1.165) is 5.76 Å². The molecule has 25 heavy (non-hydrogen) atoms. The van der Waals surface area contributed by atoms with E-state index in [0.29, 0.717) is 23.4 Å². The average Bonchev–Trinajstić information content (AvgIpc) is 3.08. The molecule has 0 bridgehead atoms. The number of ether oxygens (including phenoxy) is 1. The Labute approximate surface area is 147 Å². The number of hydrogen-bond donors (Lipinski definition) is 1. The second kappa shape index (κ2) is 8.48. The molecular formula is C19H24N2O4. The van der Waals surface area contributed by atoms with E-state index in [1.807, 2.05) is 31.1 Å². The van der Waals surface area contributed by atoms with Crippen LogP contribution in [-0.2, 0) is 11.2 Å². The highest BCUT2D eigenvalue weighted by atomic mass is 16.5. The number of likely N-dealkylation sites (N-methyl/N-ethyl adjacent to an activating group) is 1. The lowest BCUT2D eigenvalue weighted by molar-refractivity contribution is -0.120. The van der Waals surface area contributed by atoms with Crippen molar-refractivity contribution >= 4 is 11.7 Å². The Morgan fingerprint density at radius 1 is 1.28 bits per heavy atom. The molecule has 0 saturated carbocycles. The first-order valence-electron chi connectivity index (χ1n) is 8.06. The van der Waals surface area contributed by atoms with Gasteiger partial charge in [-0.25, -0.2) is 0 Å². The van der Waals surface area contributed by atoms with Gasteiger partial charge < -0.3 is 14.5 Å². The molecule has 2 aromatic rings. The van der Waals surface area contributed by atoms with E-state index in [1.54, 1.807) is 31.6 Å². The summed E-state index contributed by atoms with van der Waals surface area (Å²) in [5.74, 6) is 1.20. The third-order valence-corrected chi connectivity index (χ3v) is 4.03. The molecule has 1 aromatic carbocycles. The first-order valence-corrected chi connectivity index (χ1v) is 8.06. The highest BCUT2D eigenvalue weighted by molar-refractivity contribution is 5.94. The summed E-state index contributed by atoms with van der Waals surface area (Å²) in [4.78, 5) is 25.9. The number of rotatable bonds is 8. The highest BCUT2D eigenvalue weighted by Crippen LogP contribution is 2.21. The van der Waals surface area contributed by atoms with Crippen molar-refractivity contribution in [3.05, 3.63) is 53.5 Å². The number of hydrogen-bond acceptors (Lipinski definition) is 5. The van der Waals surface area contributed by atoms with Crippen molar-refractivity contribution in [3.8, 4) is 5.75 Å². The van der Waals surface area contributed by atoms with E-state index in [4.69, 9.17) is 9.15 Å². The second-order valence-electron chi connectivity index (χ2n) is 6.06. The third kappa shape index (κ3) is 4.93. The highest BCUT2D eigenvalue weighted by Gasteiger charge is 2.18. The van der Waals surface area contributed by atoms with E-state index in [1.165, 1.54) is 6.92 Å². The van der Waals surface area contributed by atoms with Crippen LogP contribution in [0.4, 0.5) is 0 Å². The lowest BCUT2D eigenvalue weighted by Gasteiger charge is -2.22. The van der Waals surface area contributed by atoms with E-state index < -0.39 is 0 Å². The van der Waals surface area contributed by atoms with Gasteiger partial charge in [0.15, 0.2) is 5.78 Å². The van der Waals surface area contributed by atoms with Crippen molar-refractivity contribution in [2.24, 2.45) is 0 Å². The minimum atomic E-state index is -0.141. The standard InChI is InChI=1S/C19H24N2O4/c1-13(22)14-7-8-17(24-4)15(10-14)11-19(23)20-12-16(21(2)3)18-6-5-9-25-18/h5-10,16H,11-12H2,1-4H3,(H,20,23). The fourth-order valence-corrected chi connectivity index (χ4v) is 2.60. The molecule has 6 heteroatoms. The molecule has 134 valence electrons. The maximum absolute atomic E-state index is 12.4. The lowest BCUT2D eigenvalue weighted by atomic mass is 10.0. The quantitative estimate of drug-likeness (QED) is 0.745. The summed E-state index contributed by atoms with van der Waals surface area (Å²) in [7, 11) is 5.40. The van der Waals surface area contributed by atoms with Crippen LogP contribution in [0, 0.1) is 0 Å². The number of nitrogens with one attached hydrogen (secondary N) is 1. The zero-order chi connectivity index (χ0) is 18.4. The number of ketones is 1. The van der Waals surface area contributed by atoms with Gasteiger partial charge in [0, 0.05) is 17.7 Å². The van der Waals surface area contributed by atoms with Gasteiger partial charge >= 0.3 is 0 Å². The van der Waals surface area contributed by atoms with Gasteiger partial charge in [-0.2, -0.15) is 0 Å². The van der Waals surface area contributed by atoms with E-state index >= 15 is 0 Å². The van der Waals surface area contributed by atoms with Crippen LogP contribution in [0.2, 0.25) is 0 Å². The van der Waals surface area contributed by atoms with Gasteiger partial charge in [0.25, 0.3) is 0 Å². The van der Waals surface area contributed by atoms with Crippen LogP contribution in [0.15, 0.2) is 41.0 Å². The Morgan fingerprint density at radius 2 is 2.04 bits per heavy atom. The molecule has 2 rings (SSSR count). The largest absolute Gasteiger partial charge is 0.496 e. The molecule has 0 aliphatic carbocycles. The van der Waals surface area contributed by atoms with Crippen molar-refractivity contribution in [2.75, 3.05) is 27.7 Å². The van der Waals surface area contributed by atoms with Crippen LogP contribution < -0.4 is 10.1 Å². The Bertz CT molecular complexity index is 723. The van der Waals surface area contributed by atoms with Gasteiger partial charge in [-0.15, -0.1) is 0 Å². The van der Waals surface area contributed by atoms with Crippen LogP contribution >= 0.6 is 0 Å². The maximum Gasteiger partial charge on any atom is 0.224 e. The number of amides is 1. The molecule has 1 unspecified atom stereocenters. The topological polar surface area (TPSA) is 71.8 Å². The summed E-state index contributed by atoms with van der Waals surface area (Å²) < 4.78 is 10.7. The van der Waals surface area contributed by atoms with Gasteiger partial charge in [-0.3, -0.25) is 14.5 Å². The molecule has 1 aromatic heterocycles.